The highest BCUT2D eigenvalue weighted by molar-refractivity contribution is 5.94. The van der Waals surface area contributed by atoms with Crippen molar-refractivity contribution in [2.75, 3.05) is 37.7 Å². The molecule has 1 amide bonds. The van der Waals surface area contributed by atoms with Crippen molar-refractivity contribution in [3.05, 3.63) is 59.2 Å². The van der Waals surface area contributed by atoms with Crippen molar-refractivity contribution >= 4 is 17.4 Å². The highest BCUT2D eigenvalue weighted by Gasteiger charge is 2.22. The number of Topliss-reactive ketones (excluding diaryl/α,β-unsaturated/α-hetero) is 1. The zero-order valence-electron chi connectivity index (χ0n) is 16.2. The number of benzene rings is 2. The predicted molar refractivity (Wildman–Crippen MR) is 107 cm³/mol. The van der Waals surface area contributed by atoms with Gasteiger partial charge in [0.1, 0.15) is 5.75 Å². The molecule has 1 aliphatic rings. The van der Waals surface area contributed by atoms with Gasteiger partial charge in [0.05, 0.1) is 0 Å². The van der Waals surface area contributed by atoms with Gasteiger partial charge in [-0.3, -0.25) is 9.59 Å². The molecule has 5 nitrogen and oxygen atoms in total. The van der Waals surface area contributed by atoms with E-state index >= 15 is 0 Å². The standard InChI is InChI=1S/C22H26N2O3/c1-16-5-4-6-21(17(16)2)23-11-13-24(14-12-23)22(26)15-27-20-9-7-19(8-10-20)18(3)25/h4-10H,11-15H2,1-3H3. The van der Waals surface area contributed by atoms with E-state index in [1.54, 1.807) is 24.3 Å². The van der Waals surface area contributed by atoms with Gasteiger partial charge in [0.15, 0.2) is 12.4 Å². The summed E-state index contributed by atoms with van der Waals surface area (Å²) in [5.41, 5.74) is 4.48. The Morgan fingerprint density at radius 3 is 2.26 bits per heavy atom. The van der Waals surface area contributed by atoms with Crippen LogP contribution in [0.3, 0.4) is 0 Å². The first-order valence-corrected chi connectivity index (χ1v) is 9.28. The topological polar surface area (TPSA) is 49.9 Å². The molecule has 3 rings (SSSR count). The van der Waals surface area contributed by atoms with Crippen LogP contribution in [0.4, 0.5) is 5.69 Å². The molecule has 1 saturated heterocycles. The second-order valence-electron chi connectivity index (χ2n) is 6.96. The van der Waals surface area contributed by atoms with E-state index in [0.717, 1.165) is 13.1 Å². The summed E-state index contributed by atoms with van der Waals surface area (Å²) >= 11 is 0. The van der Waals surface area contributed by atoms with E-state index < -0.39 is 0 Å². The van der Waals surface area contributed by atoms with Gasteiger partial charge in [-0.2, -0.15) is 0 Å². The van der Waals surface area contributed by atoms with Gasteiger partial charge in [-0.25, -0.2) is 0 Å². The van der Waals surface area contributed by atoms with Crippen molar-refractivity contribution in [1.29, 1.82) is 0 Å². The van der Waals surface area contributed by atoms with E-state index in [1.165, 1.54) is 23.7 Å². The van der Waals surface area contributed by atoms with Gasteiger partial charge in [0, 0.05) is 37.4 Å². The van der Waals surface area contributed by atoms with Crippen LogP contribution in [0, 0.1) is 13.8 Å². The fourth-order valence-electron chi connectivity index (χ4n) is 3.30. The second kappa shape index (κ2) is 8.25. The molecule has 2 aromatic carbocycles. The van der Waals surface area contributed by atoms with Crippen molar-refractivity contribution in [3.8, 4) is 5.75 Å². The molecular weight excluding hydrogens is 340 g/mol. The average Bonchev–Trinajstić information content (AvgIpc) is 2.68. The molecule has 1 aliphatic heterocycles. The molecule has 2 aromatic rings. The predicted octanol–water partition coefficient (Wildman–Crippen LogP) is 3.23. The second-order valence-corrected chi connectivity index (χ2v) is 6.96. The molecule has 0 aliphatic carbocycles. The van der Waals surface area contributed by atoms with Gasteiger partial charge >= 0.3 is 0 Å². The molecule has 27 heavy (non-hydrogen) atoms. The Labute approximate surface area is 160 Å². The third-order valence-electron chi connectivity index (χ3n) is 5.17. The number of carbonyl (C=O) groups is 2. The summed E-state index contributed by atoms with van der Waals surface area (Å²) in [6.45, 7) is 8.84. The first kappa shape index (κ1) is 19.0. The molecule has 0 spiro atoms. The third kappa shape index (κ3) is 4.48. The molecule has 1 fully saturated rings. The molecule has 0 unspecified atom stereocenters. The van der Waals surface area contributed by atoms with E-state index in [0.29, 0.717) is 24.4 Å². The number of piperazine rings is 1. The van der Waals surface area contributed by atoms with E-state index in [1.807, 2.05) is 4.90 Å². The summed E-state index contributed by atoms with van der Waals surface area (Å²) in [4.78, 5) is 27.9. The average molecular weight is 366 g/mol. The highest BCUT2D eigenvalue weighted by Crippen LogP contribution is 2.24. The van der Waals surface area contributed by atoms with Gasteiger partial charge in [0.25, 0.3) is 5.91 Å². The molecule has 0 N–H and O–H groups in total. The Bertz CT molecular complexity index is 822. The Morgan fingerprint density at radius 1 is 0.963 bits per heavy atom. The number of hydrogen-bond acceptors (Lipinski definition) is 4. The first-order valence-electron chi connectivity index (χ1n) is 9.28. The molecule has 0 radical (unpaired) electrons. The summed E-state index contributed by atoms with van der Waals surface area (Å²) in [7, 11) is 0. The third-order valence-corrected chi connectivity index (χ3v) is 5.17. The van der Waals surface area contributed by atoms with Gasteiger partial charge in [0.2, 0.25) is 0 Å². The van der Waals surface area contributed by atoms with E-state index in [2.05, 4.69) is 36.9 Å². The van der Waals surface area contributed by atoms with Crippen LogP contribution in [0.2, 0.25) is 0 Å². The molecule has 1 heterocycles. The minimum atomic E-state index is -0.00809. The van der Waals surface area contributed by atoms with E-state index in [9.17, 15) is 9.59 Å². The lowest BCUT2D eigenvalue weighted by Gasteiger charge is -2.37. The first-order chi connectivity index (χ1) is 13.0. The van der Waals surface area contributed by atoms with Crippen LogP contribution in [-0.2, 0) is 4.79 Å². The van der Waals surface area contributed by atoms with Crippen LogP contribution in [0.15, 0.2) is 42.5 Å². The van der Waals surface area contributed by atoms with Crippen molar-refractivity contribution in [1.82, 2.24) is 4.90 Å². The SMILES string of the molecule is CC(=O)c1ccc(OCC(=O)N2CCN(c3cccc(C)c3C)CC2)cc1. The van der Waals surface area contributed by atoms with Crippen molar-refractivity contribution in [2.45, 2.75) is 20.8 Å². The van der Waals surface area contributed by atoms with Gasteiger partial charge in [-0.1, -0.05) is 12.1 Å². The summed E-state index contributed by atoms with van der Waals surface area (Å²) < 4.78 is 5.59. The van der Waals surface area contributed by atoms with Crippen molar-refractivity contribution < 1.29 is 14.3 Å². The van der Waals surface area contributed by atoms with Crippen LogP contribution >= 0.6 is 0 Å². The number of hydrogen-bond donors (Lipinski definition) is 0. The Hall–Kier alpha value is -2.82. The molecule has 5 heteroatoms. The van der Waals surface area contributed by atoms with Crippen LogP contribution in [-0.4, -0.2) is 49.4 Å². The fraction of sp³-hybridized carbons (Fsp3) is 0.364. The summed E-state index contributed by atoms with van der Waals surface area (Å²) in [6, 6.07) is 13.2. The quantitative estimate of drug-likeness (QED) is 0.763. The number of rotatable bonds is 5. The summed E-state index contributed by atoms with van der Waals surface area (Å²) in [5, 5.41) is 0. The smallest absolute Gasteiger partial charge is 0.260 e. The van der Waals surface area contributed by atoms with Crippen LogP contribution in [0.1, 0.15) is 28.4 Å². The van der Waals surface area contributed by atoms with Crippen molar-refractivity contribution in [2.24, 2.45) is 0 Å². The maximum atomic E-state index is 12.4. The normalized spacial score (nSPS) is 14.2. The monoisotopic (exact) mass is 366 g/mol. The number of aryl methyl sites for hydroxylation is 1. The van der Waals surface area contributed by atoms with Crippen molar-refractivity contribution in [3.63, 3.8) is 0 Å². The number of nitrogens with zero attached hydrogens (tertiary/aromatic N) is 2. The lowest BCUT2D eigenvalue weighted by atomic mass is 10.1. The van der Waals surface area contributed by atoms with Gasteiger partial charge < -0.3 is 14.5 Å². The van der Waals surface area contributed by atoms with E-state index in [4.69, 9.17) is 4.74 Å². The molecule has 0 atom stereocenters. The number of ether oxygens (including phenoxy) is 1. The number of amides is 1. The Morgan fingerprint density at radius 2 is 1.63 bits per heavy atom. The van der Waals surface area contributed by atoms with Gasteiger partial charge in [-0.05, 0) is 62.2 Å². The minimum absolute atomic E-state index is 0.00809. The van der Waals surface area contributed by atoms with Crippen LogP contribution < -0.4 is 9.64 Å². The zero-order chi connectivity index (χ0) is 19.4. The lowest BCUT2D eigenvalue weighted by Crippen LogP contribution is -2.50. The summed E-state index contributed by atoms with van der Waals surface area (Å²) in [6.07, 6.45) is 0. The molecule has 0 bridgehead atoms. The number of anilines is 1. The molecule has 0 saturated carbocycles. The molecular formula is C22H26N2O3. The number of ketones is 1. The Kier molecular flexibility index (Phi) is 5.79. The number of carbonyl (C=O) groups excluding carboxylic acids is 2. The van der Waals surface area contributed by atoms with Crippen LogP contribution in [0.25, 0.3) is 0 Å². The highest BCUT2D eigenvalue weighted by atomic mass is 16.5. The summed E-state index contributed by atoms with van der Waals surface area (Å²) in [5.74, 6) is 0.605. The van der Waals surface area contributed by atoms with E-state index in [-0.39, 0.29) is 18.3 Å². The Balaban J connectivity index is 1.51. The fourth-order valence-corrected chi connectivity index (χ4v) is 3.30. The zero-order valence-corrected chi connectivity index (χ0v) is 16.2. The minimum Gasteiger partial charge on any atom is -0.484 e. The largest absolute Gasteiger partial charge is 0.484 e. The van der Waals surface area contributed by atoms with Crippen LogP contribution in [0.5, 0.6) is 5.75 Å². The maximum Gasteiger partial charge on any atom is 0.260 e. The lowest BCUT2D eigenvalue weighted by molar-refractivity contribution is -0.133. The maximum absolute atomic E-state index is 12.4. The molecule has 0 aromatic heterocycles. The molecule has 142 valence electrons. The van der Waals surface area contributed by atoms with Gasteiger partial charge in [-0.15, -0.1) is 0 Å².